The molecule has 1 fully saturated rings. The molecule has 0 spiro atoms. The van der Waals surface area contributed by atoms with Crippen LogP contribution in [0.4, 0.5) is 4.39 Å². The maximum absolute atomic E-state index is 13.2. The number of carboxylic acids is 1. The van der Waals surface area contributed by atoms with E-state index in [-0.39, 0.29) is 11.9 Å². The number of aliphatic carboxylic acids is 1. The number of carboxylic acid groups (broad SMARTS) is 1. The Morgan fingerprint density at radius 2 is 2.05 bits per heavy atom. The van der Waals surface area contributed by atoms with Gasteiger partial charge in [0.1, 0.15) is 5.82 Å². The van der Waals surface area contributed by atoms with Gasteiger partial charge in [-0.25, -0.2) is 4.39 Å². The molecule has 2 rings (SSSR count). The molecule has 0 aromatic heterocycles. The van der Waals surface area contributed by atoms with Crippen LogP contribution < -0.4 is 0 Å². The second-order valence-corrected chi connectivity index (χ2v) is 5.63. The van der Waals surface area contributed by atoms with Crippen molar-refractivity contribution in [3.05, 3.63) is 35.6 Å². The highest BCUT2D eigenvalue weighted by Gasteiger charge is 2.37. The maximum Gasteiger partial charge on any atom is 0.309 e. The van der Waals surface area contributed by atoms with Crippen LogP contribution in [0.1, 0.15) is 38.3 Å². The fraction of sp³-hybridized carbons (Fsp3) is 0.533. The van der Waals surface area contributed by atoms with E-state index in [1.165, 1.54) is 6.07 Å². The van der Waals surface area contributed by atoms with Gasteiger partial charge < -0.3 is 5.11 Å². The van der Waals surface area contributed by atoms with E-state index in [2.05, 4.69) is 4.90 Å². The minimum absolute atomic E-state index is 0.119. The average molecular weight is 265 g/mol. The van der Waals surface area contributed by atoms with Gasteiger partial charge in [0, 0.05) is 6.04 Å². The Kier molecular flexibility index (Phi) is 3.90. The van der Waals surface area contributed by atoms with E-state index in [9.17, 15) is 14.3 Å². The van der Waals surface area contributed by atoms with Crippen LogP contribution in [0.2, 0.25) is 0 Å². The van der Waals surface area contributed by atoms with Crippen molar-refractivity contribution in [3.63, 3.8) is 0 Å². The van der Waals surface area contributed by atoms with Gasteiger partial charge in [-0.15, -0.1) is 0 Å². The van der Waals surface area contributed by atoms with E-state index in [4.69, 9.17) is 0 Å². The minimum atomic E-state index is -0.717. The van der Waals surface area contributed by atoms with E-state index in [0.29, 0.717) is 12.8 Å². The lowest BCUT2D eigenvalue weighted by atomic mass is 9.80. The predicted molar refractivity (Wildman–Crippen MR) is 71.4 cm³/mol. The summed E-state index contributed by atoms with van der Waals surface area (Å²) < 4.78 is 13.2. The van der Waals surface area contributed by atoms with Crippen LogP contribution in [0.3, 0.4) is 0 Å². The number of piperidine rings is 1. The molecule has 1 N–H and O–H groups in total. The summed E-state index contributed by atoms with van der Waals surface area (Å²) in [4.78, 5) is 13.4. The molecule has 1 aliphatic heterocycles. The summed E-state index contributed by atoms with van der Waals surface area (Å²) >= 11 is 0. The molecule has 0 bridgehead atoms. The molecule has 1 aliphatic rings. The smallest absolute Gasteiger partial charge is 0.309 e. The van der Waals surface area contributed by atoms with Crippen molar-refractivity contribution in [1.29, 1.82) is 0 Å². The third kappa shape index (κ3) is 2.95. The Morgan fingerprint density at radius 1 is 1.42 bits per heavy atom. The highest BCUT2D eigenvalue weighted by atomic mass is 19.1. The van der Waals surface area contributed by atoms with Crippen LogP contribution >= 0.6 is 0 Å². The first-order chi connectivity index (χ1) is 8.92. The van der Waals surface area contributed by atoms with Crippen molar-refractivity contribution in [2.75, 3.05) is 13.1 Å². The summed E-state index contributed by atoms with van der Waals surface area (Å²) in [6.07, 6.45) is 1.28. The Morgan fingerprint density at radius 3 is 2.58 bits per heavy atom. The van der Waals surface area contributed by atoms with E-state index in [1.54, 1.807) is 19.1 Å². The zero-order chi connectivity index (χ0) is 14.0. The van der Waals surface area contributed by atoms with E-state index >= 15 is 0 Å². The van der Waals surface area contributed by atoms with Gasteiger partial charge in [0.15, 0.2) is 0 Å². The number of hydrogen-bond donors (Lipinski definition) is 1. The first-order valence-corrected chi connectivity index (χ1v) is 6.65. The van der Waals surface area contributed by atoms with Crippen LogP contribution in [0.25, 0.3) is 0 Å². The first-order valence-electron chi connectivity index (χ1n) is 6.65. The topological polar surface area (TPSA) is 40.5 Å². The van der Waals surface area contributed by atoms with E-state index in [1.807, 2.05) is 13.0 Å². The molecule has 1 heterocycles. The molecule has 0 saturated carbocycles. The van der Waals surface area contributed by atoms with Gasteiger partial charge in [-0.05, 0) is 57.5 Å². The summed E-state index contributed by atoms with van der Waals surface area (Å²) in [6, 6.07) is 6.74. The molecular weight excluding hydrogens is 245 g/mol. The lowest BCUT2D eigenvalue weighted by molar-refractivity contribution is -0.151. The van der Waals surface area contributed by atoms with Gasteiger partial charge in [-0.3, -0.25) is 9.69 Å². The largest absolute Gasteiger partial charge is 0.481 e. The van der Waals surface area contributed by atoms with Crippen LogP contribution in [-0.2, 0) is 4.79 Å². The highest BCUT2D eigenvalue weighted by Crippen LogP contribution is 2.34. The third-order valence-corrected chi connectivity index (χ3v) is 4.30. The number of halogens is 1. The Balaban J connectivity index is 2.04. The van der Waals surface area contributed by atoms with Crippen LogP contribution in [0.15, 0.2) is 24.3 Å². The molecule has 1 atom stereocenters. The molecule has 1 aromatic carbocycles. The van der Waals surface area contributed by atoms with Gasteiger partial charge >= 0.3 is 5.97 Å². The molecule has 19 heavy (non-hydrogen) atoms. The molecule has 104 valence electrons. The predicted octanol–water partition coefficient (Wildman–Crippen LogP) is 3.07. The van der Waals surface area contributed by atoms with Gasteiger partial charge in [0.2, 0.25) is 0 Å². The van der Waals surface area contributed by atoms with Crippen LogP contribution in [0, 0.1) is 11.2 Å². The number of hydrogen-bond acceptors (Lipinski definition) is 2. The minimum Gasteiger partial charge on any atom is -0.481 e. The van der Waals surface area contributed by atoms with Crippen molar-refractivity contribution in [2.45, 2.75) is 32.7 Å². The standard InChI is InChI=1S/C15H20FNO2/c1-11(12-4-3-5-13(16)10-12)17-8-6-15(2,7-9-17)14(18)19/h3-5,10-11H,6-9H2,1-2H3,(H,18,19). The Bertz CT molecular complexity index is 467. The van der Waals surface area contributed by atoms with Crippen molar-refractivity contribution in [2.24, 2.45) is 5.41 Å². The second-order valence-electron chi connectivity index (χ2n) is 5.63. The monoisotopic (exact) mass is 265 g/mol. The Labute approximate surface area is 113 Å². The van der Waals surface area contributed by atoms with Gasteiger partial charge in [0.05, 0.1) is 5.41 Å². The summed E-state index contributed by atoms with van der Waals surface area (Å²) in [6.45, 7) is 5.32. The fourth-order valence-corrected chi connectivity index (χ4v) is 2.60. The molecule has 4 heteroatoms. The molecule has 0 aliphatic carbocycles. The molecule has 0 radical (unpaired) electrons. The van der Waals surface area contributed by atoms with Crippen molar-refractivity contribution in [3.8, 4) is 0 Å². The van der Waals surface area contributed by atoms with Crippen LogP contribution in [-0.4, -0.2) is 29.1 Å². The van der Waals surface area contributed by atoms with Crippen LogP contribution in [0.5, 0.6) is 0 Å². The maximum atomic E-state index is 13.2. The van der Waals surface area contributed by atoms with E-state index < -0.39 is 11.4 Å². The number of likely N-dealkylation sites (tertiary alicyclic amines) is 1. The average Bonchev–Trinajstić information content (AvgIpc) is 2.38. The molecule has 3 nitrogen and oxygen atoms in total. The summed E-state index contributed by atoms with van der Waals surface area (Å²) in [7, 11) is 0. The molecular formula is C15H20FNO2. The van der Waals surface area contributed by atoms with E-state index in [0.717, 1.165) is 18.7 Å². The van der Waals surface area contributed by atoms with Gasteiger partial charge in [-0.1, -0.05) is 12.1 Å². The number of rotatable bonds is 3. The zero-order valence-corrected chi connectivity index (χ0v) is 11.4. The van der Waals surface area contributed by atoms with Crippen molar-refractivity contribution < 1.29 is 14.3 Å². The van der Waals surface area contributed by atoms with Crippen molar-refractivity contribution in [1.82, 2.24) is 4.90 Å². The SMILES string of the molecule is CC(c1cccc(F)c1)N1CCC(C)(C(=O)O)CC1. The lowest BCUT2D eigenvalue weighted by Crippen LogP contribution is -2.43. The summed E-state index contributed by atoms with van der Waals surface area (Å²) in [5, 5.41) is 9.21. The molecule has 1 saturated heterocycles. The van der Waals surface area contributed by atoms with Gasteiger partial charge in [0.25, 0.3) is 0 Å². The number of nitrogens with zero attached hydrogens (tertiary/aromatic N) is 1. The zero-order valence-electron chi connectivity index (χ0n) is 11.4. The summed E-state index contributed by atoms with van der Waals surface area (Å²) in [5.74, 6) is -0.942. The second kappa shape index (κ2) is 5.29. The first kappa shape index (κ1) is 14.0. The summed E-state index contributed by atoms with van der Waals surface area (Å²) in [5.41, 5.74) is 0.331. The normalized spacial score (nSPS) is 21.0. The Hall–Kier alpha value is -1.42. The quantitative estimate of drug-likeness (QED) is 0.913. The number of carbonyl (C=O) groups is 1. The molecule has 0 amide bonds. The molecule has 1 unspecified atom stereocenters. The van der Waals surface area contributed by atoms with Crippen molar-refractivity contribution >= 4 is 5.97 Å². The third-order valence-electron chi connectivity index (χ3n) is 4.30. The van der Waals surface area contributed by atoms with Gasteiger partial charge in [-0.2, -0.15) is 0 Å². The lowest BCUT2D eigenvalue weighted by Gasteiger charge is -2.39. The number of benzene rings is 1. The molecule has 1 aromatic rings. The fourth-order valence-electron chi connectivity index (χ4n) is 2.60. The highest BCUT2D eigenvalue weighted by molar-refractivity contribution is 5.74.